The summed E-state index contributed by atoms with van der Waals surface area (Å²) in [7, 11) is 0. The third-order valence-corrected chi connectivity index (χ3v) is 8.47. The molecule has 1 fully saturated rings. The van der Waals surface area contributed by atoms with Gasteiger partial charge in [0.2, 0.25) is 5.91 Å². The molecule has 1 atom stereocenters. The van der Waals surface area contributed by atoms with Crippen molar-refractivity contribution in [3.05, 3.63) is 148 Å². The van der Waals surface area contributed by atoms with Gasteiger partial charge in [-0.05, 0) is 41.2 Å². The number of likely N-dealkylation sites (tertiary alicyclic amines) is 1. The third kappa shape index (κ3) is 6.84. The molecule has 1 aliphatic heterocycles. The molecule has 0 bridgehead atoms. The van der Waals surface area contributed by atoms with Gasteiger partial charge in [0.05, 0.1) is 4.92 Å². The number of hydrogen-bond donors (Lipinski definition) is 1. The van der Waals surface area contributed by atoms with E-state index in [1.165, 1.54) is 5.56 Å². The Morgan fingerprint density at radius 3 is 2.07 bits per heavy atom. The van der Waals surface area contributed by atoms with Crippen molar-refractivity contribution in [3.8, 4) is 0 Å². The summed E-state index contributed by atoms with van der Waals surface area (Å²) in [6.07, 6.45) is 4.17. The van der Waals surface area contributed by atoms with Gasteiger partial charge in [0.1, 0.15) is 0 Å². The number of non-ortho nitro benzene ring substituents is 1. The number of amides is 1. The fourth-order valence-electron chi connectivity index (χ4n) is 6.26. The maximum atomic E-state index is 13.6. The Labute approximate surface area is 251 Å². The molecule has 1 aliphatic rings. The zero-order valence-corrected chi connectivity index (χ0v) is 24.1. The first-order chi connectivity index (χ1) is 21.0. The second-order valence-corrected chi connectivity index (χ2v) is 11.4. The minimum absolute atomic E-state index is 0.00440. The van der Waals surface area contributed by atoms with Crippen LogP contribution in [-0.4, -0.2) is 39.4 Å². The molecule has 7 heteroatoms. The Bertz CT molecular complexity index is 1680. The number of nitrogens with zero attached hydrogens (tertiary/aromatic N) is 3. The number of aromatic nitrogens is 1. The van der Waals surface area contributed by atoms with Gasteiger partial charge >= 0.3 is 0 Å². The van der Waals surface area contributed by atoms with Gasteiger partial charge in [0.25, 0.3) is 5.69 Å². The average Bonchev–Trinajstić information content (AvgIpc) is 3.39. The maximum Gasteiger partial charge on any atom is 0.270 e. The molecule has 1 N–H and O–H groups in total. The minimum Gasteiger partial charge on any atom is -0.353 e. The molecule has 0 aliphatic carbocycles. The van der Waals surface area contributed by atoms with Crippen molar-refractivity contribution in [2.75, 3.05) is 13.1 Å². The zero-order valence-electron chi connectivity index (χ0n) is 24.1. The highest BCUT2D eigenvalue weighted by molar-refractivity contribution is 5.88. The minimum atomic E-state index is -0.355. The molecular weight excluding hydrogens is 536 g/mol. The van der Waals surface area contributed by atoms with E-state index in [0.717, 1.165) is 60.1 Å². The molecule has 43 heavy (non-hydrogen) atoms. The summed E-state index contributed by atoms with van der Waals surface area (Å²) < 4.78 is 2.14. The summed E-state index contributed by atoms with van der Waals surface area (Å²) in [4.78, 5) is 27.4. The van der Waals surface area contributed by atoms with Crippen LogP contribution in [0.2, 0.25) is 0 Å². The maximum absolute atomic E-state index is 13.6. The topological polar surface area (TPSA) is 80.4 Å². The van der Waals surface area contributed by atoms with Crippen molar-refractivity contribution in [2.45, 2.75) is 44.3 Å². The highest BCUT2D eigenvalue weighted by Gasteiger charge is 2.26. The first kappa shape index (κ1) is 28.4. The first-order valence-corrected chi connectivity index (χ1v) is 14.9. The third-order valence-electron chi connectivity index (χ3n) is 8.47. The van der Waals surface area contributed by atoms with Gasteiger partial charge in [-0.25, -0.2) is 0 Å². The lowest BCUT2D eigenvalue weighted by Crippen LogP contribution is -2.44. The van der Waals surface area contributed by atoms with E-state index in [2.05, 4.69) is 57.4 Å². The lowest BCUT2D eigenvalue weighted by atomic mass is 9.87. The van der Waals surface area contributed by atoms with Crippen LogP contribution in [0.25, 0.3) is 10.9 Å². The predicted molar refractivity (Wildman–Crippen MR) is 170 cm³/mol. The average molecular weight is 573 g/mol. The second kappa shape index (κ2) is 13.0. The number of benzene rings is 4. The van der Waals surface area contributed by atoms with Crippen LogP contribution in [-0.2, 0) is 17.9 Å². The molecule has 2 heterocycles. The van der Waals surface area contributed by atoms with Gasteiger partial charge in [-0.15, -0.1) is 0 Å². The number of nitrogens with one attached hydrogen (secondary N) is 1. The van der Waals surface area contributed by atoms with Crippen LogP contribution >= 0.6 is 0 Å². The molecule has 5 aromatic rings. The largest absolute Gasteiger partial charge is 0.353 e. The van der Waals surface area contributed by atoms with Crippen molar-refractivity contribution < 1.29 is 9.72 Å². The highest BCUT2D eigenvalue weighted by Crippen LogP contribution is 2.37. The van der Waals surface area contributed by atoms with Crippen LogP contribution in [0.4, 0.5) is 5.69 Å². The van der Waals surface area contributed by atoms with E-state index in [0.29, 0.717) is 6.54 Å². The molecule has 0 spiro atoms. The van der Waals surface area contributed by atoms with Crippen LogP contribution in [0.3, 0.4) is 0 Å². The number of piperidine rings is 1. The number of carbonyl (C=O) groups excluding carboxylic acids is 1. The van der Waals surface area contributed by atoms with Crippen molar-refractivity contribution in [1.82, 2.24) is 14.8 Å². The summed E-state index contributed by atoms with van der Waals surface area (Å²) in [5.41, 5.74) is 5.34. The van der Waals surface area contributed by atoms with Gasteiger partial charge in [0.15, 0.2) is 0 Å². The van der Waals surface area contributed by atoms with Crippen molar-refractivity contribution in [1.29, 1.82) is 0 Å². The second-order valence-electron chi connectivity index (χ2n) is 11.4. The molecule has 0 saturated carbocycles. The van der Waals surface area contributed by atoms with E-state index in [4.69, 9.17) is 0 Å². The predicted octanol–water partition coefficient (Wildman–Crippen LogP) is 6.90. The Hall–Kier alpha value is -4.75. The van der Waals surface area contributed by atoms with Gasteiger partial charge in [-0.1, -0.05) is 91.0 Å². The normalized spacial score (nSPS) is 14.9. The highest BCUT2D eigenvalue weighted by atomic mass is 16.6. The van der Waals surface area contributed by atoms with E-state index in [9.17, 15) is 14.9 Å². The molecule has 6 rings (SSSR count). The van der Waals surface area contributed by atoms with Crippen molar-refractivity contribution >= 4 is 22.5 Å². The molecular formula is C36H36N4O3. The van der Waals surface area contributed by atoms with Gasteiger partial charge in [0, 0.05) is 73.8 Å². The molecule has 7 nitrogen and oxygen atoms in total. The number of fused-ring (bicyclic) bond motifs is 1. The number of nitro benzene ring substituents is 1. The number of rotatable bonds is 10. The van der Waals surface area contributed by atoms with Crippen LogP contribution in [0.15, 0.2) is 115 Å². The number of hydrogen-bond acceptors (Lipinski definition) is 4. The fraction of sp³-hybridized carbons (Fsp3) is 0.250. The standard InChI is InChI=1S/C36H36N4O3/c41-36(37-30-18-20-38(21-19-30)24-27-10-4-1-5-11-27)23-32(29-14-8-3-9-15-29)34-26-39(25-28-12-6-2-7-13-28)35-17-16-31(40(42)43)22-33(34)35/h1-17,22,26,30,32H,18-21,23-25H2,(H,37,41)/t32-/m0/s1. The smallest absolute Gasteiger partial charge is 0.270 e. The van der Waals surface area contributed by atoms with E-state index < -0.39 is 0 Å². The lowest BCUT2D eigenvalue weighted by Gasteiger charge is -2.32. The van der Waals surface area contributed by atoms with E-state index in [1.807, 2.05) is 60.7 Å². The van der Waals surface area contributed by atoms with Crippen LogP contribution in [0, 0.1) is 10.1 Å². The number of carbonyl (C=O) groups is 1. The van der Waals surface area contributed by atoms with Gasteiger partial charge < -0.3 is 9.88 Å². The molecule has 1 amide bonds. The molecule has 218 valence electrons. The monoisotopic (exact) mass is 572 g/mol. The fourth-order valence-corrected chi connectivity index (χ4v) is 6.26. The summed E-state index contributed by atoms with van der Waals surface area (Å²) in [6, 6.07) is 35.8. The van der Waals surface area contributed by atoms with Gasteiger partial charge in [-0.3, -0.25) is 19.8 Å². The quantitative estimate of drug-likeness (QED) is 0.146. The zero-order chi connectivity index (χ0) is 29.6. The molecule has 1 aromatic heterocycles. The Morgan fingerprint density at radius 2 is 1.44 bits per heavy atom. The Morgan fingerprint density at radius 1 is 0.837 bits per heavy atom. The molecule has 1 saturated heterocycles. The molecule has 0 radical (unpaired) electrons. The summed E-state index contributed by atoms with van der Waals surface area (Å²) in [5, 5.41) is 15.9. The van der Waals surface area contributed by atoms with Crippen molar-refractivity contribution in [3.63, 3.8) is 0 Å². The summed E-state index contributed by atoms with van der Waals surface area (Å²) in [6.45, 7) is 3.44. The van der Waals surface area contributed by atoms with E-state index in [-0.39, 0.29) is 34.9 Å². The van der Waals surface area contributed by atoms with Crippen LogP contribution in [0.1, 0.15) is 47.4 Å². The lowest BCUT2D eigenvalue weighted by molar-refractivity contribution is -0.384. The van der Waals surface area contributed by atoms with E-state index in [1.54, 1.807) is 12.1 Å². The summed E-state index contributed by atoms with van der Waals surface area (Å²) >= 11 is 0. The SMILES string of the molecule is O=C(C[C@@H](c1ccccc1)c1cn(Cc2ccccc2)c2ccc([N+](=O)[O-])cc12)NC1CCN(Cc2ccccc2)CC1. The van der Waals surface area contributed by atoms with Crippen LogP contribution < -0.4 is 5.32 Å². The summed E-state index contributed by atoms with van der Waals surface area (Å²) in [5.74, 6) is -0.245. The Kier molecular flexibility index (Phi) is 8.61. The van der Waals surface area contributed by atoms with E-state index >= 15 is 0 Å². The first-order valence-electron chi connectivity index (χ1n) is 14.9. The van der Waals surface area contributed by atoms with Crippen LogP contribution in [0.5, 0.6) is 0 Å². The van der Waals surface area contributed by atoms with Gasteiger partial charge in [-0.2, -0.15) is 0 Å². The Balaban J connectivity index is 1.24. The van der Waals surface area contributed by atoms with Crippen molar-refractivity contribution in [2.24, 2.45) is 0 Å². The molecule has 0 unspecified atom stereocenters. The number of nitro groups is 1. The molecule has 4 aromatic carbocycles.